The number of amides is 3. The molecule has 0 saturated heterocycles. The molecule has 0 saturated carbocycles. The summed E-state index contributed by atoms with van der Waals surface area (Å²) in [5.41, 5.74) is 5.81. The van der Waals surface area contributed by atoms with Gasteiger partial charge in [0.05, 0.1) is 12.6 Å². The standard InChI is InChI=1S/C15H28N4O5S/c1-4-9(2)13(19-14(23)10(16)5-6-25-3)15(24)18-7-11(20)17-8-12(21)22/h9-10,13H,4-8,16H2,1-3H3,(H,17,20)(H,18,24)(H,19,23)(H,21,22). The summed E-state index contributed by atoms with van der Waals surface area (Å²) in [4.78, 5) is 46.3. The molecule has 0 aliphatic carbocycles. The maximum atomic E-state index is 12.3. The maximum absolute atomic E-state index is 12.3. The summed E-state index contributed by atoms with van der Waals surface area (Å²) in [6.45, 7) is 2.80. The Morgan fingerprint density at radius 3 is 2.28 bits per heavy atom. The van der Waals surface area contributed by atoms with Gasteiger partial charge in [0.2, 0.25) is 17.7 Å². The lowest BCUT2D eigenvalue weighted by molar-refractivity contribution is -0.138. The zero-order chi connectivity index (χ0) is 19.4. The van der Waals surface area contributed by atoms with Gasteiger partial charge in [0, 0.05) is 0 Å². The van der Waals surface area contributed by atoms with Gasteiger partial charge in [-0.05, 0) is 24.3 Å². The Morgan fingerprint density at radius 1 is 1.12 bits per heavy atom. The molecule has 3 unspecified atom stereocenters. The topological polar surface area (TPSA) is 151 Å². The van der Waals surface area contributed by atoms with Crippen LogP contribution in [-0.4, -0.2) is 66.0 Å². The summed E-state index contributed by atoms with van der Waals surface area (Å²) >= 11 is 1.58. The minimum absolute atomic E-state index is 0.154. The van der Waals surface area contributed by atoms with E-state index >= 15 is 0 Å². The third kappa shape index (κ3) is 9.92. The molecular formula is C15H28N4O5S. The fraction of sp³-hybridized carbons (Fsp3) is 0.733. The van der Waals surface area contributed by atoms with Crippen molar-refractivity contribution in [1.29, 1.82) is 0 Å². The van der Waals surface area contributed by atoms with E-state index in [9.17, 15) is 19.2 Å². The lowest BCUT2D eigenvalue weighted by Crippen LogP contribution is -2.55. The molecular weight excluding hydrogens is 348 g/mol. The lowest BCUT2D eigenvalue weighted by atomic mass is 9.97. The molecule has 144 valence electrons. The van der Waals surface area contributed by atoms with Crippen molar-refractivity contribution in [1.82, 2.24) is 16.0 Å². The van der Waals surface area contributed by atoms with Gasteiger partial charge in [0.25, 0.3) is 0 Å². The Labute approximate surface area is 151 Å². The highest BCUT2D eigenvalue weighted by Gasteiger charge is 2.27. The third-order valence-corrected chi connectivity index (χ3v) is 4.27. The molecule has 10 heteroatoms. The lowest BCUT2D eigenvalue weighted by Gasteiger charge is -2.25. The van der Waals surface area contributed by atoms with Crippen LogP contribution >= 0.6 is 11.8 Å². The van der Waals surface area contributed by atoms with Gasteiger partial charge in [-0.15, -0.1) is 0 Å². The van der Waals surface area contributed by atoms with E-state index in [4.69, 9.17) is 10.8 Å². The fourth-order valence-corrected chi connectivity index (χ4v) is 2.34. The summed E-state index contributed by atoms with van der Waals surface area (Å²) in [5, 5.41) is 15.7. The molecule has 6 N–H and O–H groups in total. The molecule has 0 aliphatic rings. The zero-order valence-electron chi connectivity index (χ0n) is 14.8. The van der Waals surface area contributed by atoms with Crippen molar-refractivity contribution in [3.63, 3.8) is 0 Å². The van der Waals surface area contributed by atoms with Crippen LogP contribution in [0.5, 0.6) is 0 Å². The molecule has 3 amide bonds. The number of aliphatic carboxylic acids is 1. The average molecular weight is 376 g/mol. The predicted octanol–water partition coefficient (Wildman–Crippen LogP) is -1.09. The van der Waals surface area contributed by atoms with Gasteiger partial charge >= 0.3 is 5.97 Å². The Hall–Kier alpha value is -1.81. The highest BCUT2D eigenvalue weighted by Crippen LogP contribution is 2.09. The number of carbonyl (C=O) groups is 4. The minimum Gasteiger partial charge on any atom is -0.480 e. The number of hydrogen-bond acceptors (Lipinski definition) is 6. The van der Waals surface area contributed by atoms with Crippen LogP contribution < -0.4 is 21.7 Å². The zero-order valence-corrected chi connectivity index (χ0v) is 15.6. The number of thioether (sulfide) groups is 1. The molecule has 9 nitrogen and oxygen atoms in total. The number of nitrogens with two attached hydrogens (primary N) is 1. The largest absolute Gasteiger partial charge is 0.480 e. The highest BCUT2D eigenvalue weighted by molar-refractivity contribution is 7.98. The van der Waals surface area contributed by atoms with Gasteiger partial charge in [-0.1, -0.05) is 20.3 Å². The summed E-state index contributed by atoms with van der Waals surface area (Å²) in [6.07, 6.45) is 3.05. The first kappa shape index (κ1) is 23.2. The minimum atomic E-state index is -1.18. The second kappa shape index (κ2) is 12.5. The number of rotatable bonds is 12. The monoisotopic (exact) mass is 376 g/mol. The summed E-state index contributed by atoms with van der Waals surface area (Å²) in [6, 6.07) is -1.52. The second-order valence-electron chi connectivity index (χ2n) is 5.65. The number of hydrogen-bond donors (Lipinski definition) is 5. The Morgan fingerprint density at radius 2 is 1.76 bits per heavy atom. The molecule has 0 heterocycles. The maximum Gasteiger partial charge on any atom is 0.322 e. The van der Waals surface area contributed by atoms with Gasteiger partial charge in [-0.25, -0.2) is 0 Å². The molecule has 0 aromatic rings. The first-order chi connectivity index (χ1) is 11.7. The van der Waals surface area contributed by atoms with Crippen LogP contribution in [0, 0.1) is 5.92 Å². The van der Waals surface area contributed by atoms with Crippen LogP contribution in [0.15, 0.2) is 0 Å². The smallest absolute Gasteiger partial charge is 0.322 e. The molecule has 0 aromatic heterocycles. The van der Waals surface area contributed by atoms with E-state index in [0.29, 0.717) is 12.8 Å². The Kier molecular flexibility index (Phi) is 11.6. The molecule has 0 aromatic carbocycles. The summed E-state index contributed by atoms with van der Waals surface area (Å²) < 4.78 is 0. The Bertz CT molecular complexity index is 475. The van der Waals surface area contributed by atoms with Crippen LogP contribution in [0.2, 0.25) is 0 Å². The first-order valence-electron chi connectivity index (χ1n) is 8.03. The second-order valence-corrected chi connectivity index (χ2v) is 6.63. The van der Waals surface area contributed by atoms with E-state index in [1.165, 1.54) is 0 Å². The number of nitrogens with one attached hydrogen (secondary N) is 3. The van der Waals surface area contributed by atoms with E-state index in [0.717, 1.165) is 5.75 Å². The number of carboxylic acid groups (broad SMARTS) is 1. The van der Waals surface area contributed by atoms with Gasteiger partial charge in [0.1, 0.15) is 12.6 Å². The van der Waals surface area contributed by atoms with Gasteiger partial charge < -0.3 is 26.8 Å². The van der Waals surface area contributed by atoms with Crippen LogP contribution in [-0.2, 0) is 19.2 Å². The van der Waals surface area contributed by atoms with E-state index in [2.05, 4.69) is 16.0 Å². The van der Waals surface area contributed by atoms with Crippen molar-refractivity contribution >= 4 is 35.5 Å². The van der Waals surface area contributed by atoms with Crippen LogP contribution in [0.25, 0.3) is 0 Å². The Balaban J connectivity index is 4.64. The number of carboxylic acids is 1. The van der Waals surface area contributed by atoms with E-state index in [1.54, 1.807) is 11.8 Å². The molecule has 0 fully saturated rings. The van der Waals surface area contributed by atoms with Crippen molar-refractivity contribution in [2.75, 3.05) is 25.1 Å². The van der Waals surface area contributed by atoms with Crippen molar-refractivity contribution in [3.05, 3.63) is 0 Å². The molecule has 0 aliphatic heterocycles. The summed E-state index contributed by atoms with van der Waals surface area (Å²) in [5.74, 6) is -2.14. The van der Waals surface area contributed by atoms with Crippen molar-refractivity contribution in [2.45, 2.75) is 38.8 Å². The van der Waals surface area contributed by atoms with E-state index < -0.39 is 42.3 Å². The van der Waals surface area contributed by atoms with Crippen LogP contribution in [0.3, 0.4) is 0 Å². The molecule has 3 atom stereocenters. The molecule has 0 rings (SSSR count). The third-order valence-electron chi connectivity index (χ3n) is 3.62. The molecule has 0 bridgehead atoms. The average Bonchev–Trinajstić information content (AvgIpc) is 2.59. The van der Waals surface area contributed by atoms with Gasteiger partial charge in [-0.2, -0.15) is 11.8 Å². The van der Waals surface area contributed by atoms with Gasteiger partial charge in [0.15, 0.2) is 0 Å². The number of carbonyl (C=O) groups excluding carboxylic acids is 3. The van der Waals surface area contributed by atoms with Crippen molar-refractivity contribution in [3.8, 4) is 0 Å². The van der Waals surface area contributed by atoms with Gasteiger partial charge in [-0.3, -0.25) is 19.2 Å². The van der Waals surface area contributed by atoms with Crippen molar-refractivity contribution in [2.24, 2.45) is 11.7 Å². The van der Waals surface area contributed by atoms with Crippen LogP contribution in [0.1, 0.15) is 26.7 Å². The van der Waals surface area contributed by atoms with E-state index in [1.807, 2.05) is 20.1 Å². The van der Waals surface area contributed by atoms with E-state index in [-0.39, 0.29) is 12.5 Å². The SMILES string of the molecule is CCC(C)C(NC(=O)C(N)CCSC)C(=O)NCC(=O)NCC(=O)O. The predicted molar refractivity (Wildman–Crippen MR) is 96.0 cm³/mol. The normalized spacial score (nSPS) is 14.1. The van der Waals surface area contributed by atoms with Crippen molar-refractivity contribution < 1.29 is 24.3 Å². The summed E-state index contributed by atoms with van der Waals surface area (Å²) in [7, 11) is 0. The quantitative estimate of drug-likeness (QED) is 0.290. The molecule has 0 spiro atoms. The molecule has 25 heavy (non-hydrogen) atoms. The fourth-order valence-electron chi connectivity index (χ4n) is 1.85. The highest BCUT2D eigenvalue weighted by atomic mass is 32.2. The van der Waals surface area contributed by atoms with Crippen LogP contribution in [0.4, 0.5) is 0 Å². The first-order valence-corrected chi connectivity index (χ1v) is 9.43. The molecule has 0 radical (unpaired) electrons.